The summed E-state index contributed by atoms with van der Waals surface area (Å²) in [4.78, 5) is 11.9. The molecule has 0 aliphatic carbocycles. The van der Waals surface area contributed by atoms with Crippen molar-refractivity contribution in [2.24, 2.45) is 0 Å². The molecular formula is C18H19F2NO2S. The largest absolute Gasteiger partial charge is 0.434 e. The van der Waals surface area contributed by atoms with Crippen molar-refractivity contribution >= 4 is 17.7 Å². The molecule has 2 aromatic carbocycles. The van der Waals surface area contributed by atoms with Gasteiger partial charge >= 0.3 is 6.61 Å². The Hall–Kier alpha value is -2.08. The van der Waals surface area contributed by atoms with Gasteiger partial charge in [-0.1, -0.05) is 48.0 Å². The van der Waals surface area contributed by atoms with E-state index in [1.54, 1.807) is 18.2 Å². The maximum Gasteiger partial charge on any atom is 0.387 e. The van der Waals surface area contributed by atoms with Crippen LogP contribution in [0.25, 0.3) is 0 Å². The van der Waals surface area contributed by atoms with Crippen LogP contribution in [0.1, 0.15) is 16.7 Å². The molecule has 1 amide bonds. The molecule has 0 heterocycles. The highest BCUT2D eigenvalue weighted by atomic mass is 32.2. The Bertz CT molecular complexity index is 662. The number of rotatable bonds is 8. The van der Waals surface area contributed by atoms with Crippen molar-refractivity contribution in [2.75, 3.05) is 5.75 Å². The molecule has 0 saturated heterocycles. The lowest BCUT2D eigenvalue weighted by atomic mass is 10.2. The van der Waals surface area contributed by atoms with Crippen LogP contribution in [0.5, 0.6) is 5.75 Å². The van der Waals surface area contributed by atoms with Crippen LogP contribution in [-0.2, 0) is 17.1 Å². The monoisotopic (exact) mass is 351 g/mol. The van der Waals surface area contributed by atoms with Crippen LogP contribution >= 0.6 is 11.8 Å². The average molecular weight is 351 g/mol. The Morgan fingerprint density at radius 1 is 1.17 bits per heavy atom. The molecule has 24 heavy (non-hydrogen) atoms. The third-order valence-corrected chi connectivity index (χ3v) is 4.29. The Kier molecular flexibility index (Phi) is 7.06. The number of aryl methyl sites for hydroxylation is 1. The summed E-state index contributed by atoms with van der Waals surface area (Å²) < 4.78 is 29.1. The predicted molar refractivity (Wildman–Crippen MR) is 92.3 cm³/mol. The average Bonchev–Trinajstić information content (AvgIpc) is 2.55. The number of carbonyl (C=O) groups is 1. The standard InChI is InChI=1S/C18H19F2NO2S/c1-13-6-8-14(9-7-13)11-24-12-17(22)21-10-15-4-2-3-5-16(15)23-18(19)20/h2-9,18H,10-12H2,1H3,(H,21,22). The topological polar surface area (TPSA) is 38.3 Å². The van der Waals surface area contributed by atoms with Gasteiger partial charge in [-0.25, -0.2) is 0 Å². The maximum absolute atomic E-state index is 12.3. The lowest BCUT2D eigenvalue weighted by molar-refractivity contribution is -0.118. The Morgan fingerprint density at radius 3 is 2.58 bits per heavy atom. The van der Waals surface area contributed by atoms with Gasteiger partial charge in [-0.3, -0.25) is 4.79 Å². The van der Waals surface area contributed by atoms with Crippen molar-refractivity contribution in [3.05, 3.63) is 65.2 Å². The molecule has 0 aliphatic heterocycles. The van der Waals surface area contributed by atoms with Crippen molar-refractivity contribution in [2.45, 2.75) is 25.8 Å². The highest BCUT2D eigenvalue weighted by molar-refractivity contribution is 7.99. The molecule has 0 saturated carbocycles. The number of halogens is 2. The molecular weight excluding hydrogens is 332 g/mol. The third kappa shape index (κ3) is 6.20. The quantitative estimate of drug-likeness (QED) is 0.777. The van der Waals surface area contributed by atoms with E-state index in [4.69, 9.17) is 0 Å². The molecule has 0 aliphatic rings. The number of para-hydroxylation sites is 1. The Morgan fingerprint density at radius 2 is 1.88 bits per heavy atom. The molecule has 6 heteroatoms. The molecule has 1 N–H and O–H groups in total. The lowest BCUT2D eigenvalue weighted by Gasteiger charge is -2.11. The first-order chi connectivity index (χ1) is 11.5. The fraction of sp³-hybridized carbons (Fsp3) is 0.278. The van der Waals surface area contributed by atoms with Gasteiger partial charge < -0.3 is 10.1 Å². The second kappa shape index (κ2) is 9.27. The zero-order chi connectivity index (χ0) is 17.4. The highest BCUT2D eigenvalue weighted by Crippen LogP contribution is 2.20. The summed E-state index contributed by atoms with van der Waals surface area (Å²) in [5.41, 5.74) is 2.88. The molecule has 0 bridgehead atoms. The third-order valence-electron chi connectivity index (χ3n) is 3.29. The molecule has 2 rings (SSSR count). The van der Waals surface area contributed by atoms with E-state index in [1.165, 1.54) is 23.4 Å². The summed E-state index contributed by atoms with van der Waals surface area (Å²) in [7, 11) is 0. The van der Waals surface area contributed by atoms with Gasteiger partial charge in [0, 0.05) is 17.9 Å². The van der Waals surface area contributed by atoms with Gasteiger partial charge in [0.25, 0.3) is 0 Å². The number of hydrogen-bond donors (Lipinski definition) is 1. The predicted octanol–water partition coefficient (Wildman–Crippen LogP) is 4.15. The first-order valence-corrected chi connectivity index (χ1v) is 8.63. The molecule has 0 spiro atoms. The maximum atomic E-state index is 12.3. The van der Waals surface area contributed by atoms with Crippen LogP contribution < -0.4 is 10.1 Å². The number of nitrogens with one attached hydrogen (secondary N) is 1. The van der Waals surface area contributed by atoms with E-state index in [2.05, 4.69) is 10.1 Å². The van der Waals surface area contributed by atoms with E-state index in [0.717, 1.165) is 11.3 Å². The van der Waals surface area contributed by atoms with Crippen LogP contribution in [0, 0.1) is 6.92 Å². The number of amides is 1. The van der Waals surface area contributed by atoms with Gasteiger partial charge in [0.05, 0.1) is 5.75 Å². The van der Waals surface area contributed by atoms with Gasteiger partial charge in [-0.2, -0.15) is 8.78 Å². The van der Waals surface area contributed by atoms with Gasteiger partial charge in [0.2, 0.25) is 5.91 Å². The van der Waals surface area contributed by atoms with E-state index >= 15 is 0 Å². The van der Waals surface area contributed by atoms with Gasteiger partial charge in [-0.15, -0.1) is 11.8 Å². The number of ether oxygens (including phenoxy) is 1. The summed E-state index contributed by atoms with van der Waals surface area (Å²) >= 11 is 1.51. The van der Waals surface area contributed by atoms with Crippen molar-refractivity contribution in [1.29, 1.82) is 0 Å². The van der Waals surface area contributed by atoms with E-state index in [1.807, 2.05) is 31.2 Å². The van der Waals surface area contributed by atoms with E-state index in [9.17, 15) is 13.6 Å². The minimum absolute atomic E-state index is 0.0834. The highest BCUT2D eigenvalue weighted by Gasteiger charge is 2.10. The van der Waals surface area contributed by atoms with Gasteiger partial charge in [-0.05, 0) is 18.6 Å². The van der Waals surface area contributed by atoms with Gasteiger partial charge in [0.1, 0.15) is 5.75 Å². The number of carbonyl (C=O) groups excluding carboxylic acids is 1. The summed E-state index contributed by atoms with van der Waals surface area (Å²) in [5.74, 6) is 1.00. The second-order valence-electron chi connectivity index (χ2n) is 5.24. The zero-order valence-corrected chi connectivity index (χ0v) is 14.1. The van der Waals surface area contributed by atoms with Crippen molar-refractivity contribution in [3.63, 3.8) is 0 Å². The first kappa shape index (κ1) is 18.3. The summed E-state index contributed by atoms with van der Waals surface area (Å²) in [6.07, 6.45) is 0. The fourth-order valence-electron chi connectivity index (χ4n) is 2.05. The van der Waals surface area contributed by atoms with Crippen LogP contribution in [0.2, 0.25) is 0 Å². The van der Waals surface area contributed by atoms with Crippen molar-refractivity contribution in [1.82, 2.24) is 5.32 Å². The minimum Gasteiger partial charge on any atom is -0.434 e. The van der Waals surface area contributed by atoms with Crippen LogP contribution in [-0.4, -0.2) is 18.3 Å². The lowest BCUT2D eigenvalue weighted by Crippen LogP contribution is -2.25. The normalized spacial score (nSPS) is 10.7. The number of benzene rings is 2. The van der Waals surface area contributed by atoms with Crippen LogP contribution in [0.3, 0.4) is 0 Å². The van der Waals surface area contributed by atoms with E-state index in [-0.39, 0.29) is 18.2 Å². The SMILES string of the molecule is Cc1ccc(CSCC(=O)NCc2ccccc2OC(F)F)cc1. The Labute approximate surface area is 144 Å². The summed E-state index contributed by atoms with van der Waals surface area (Å²) in [6.45, 7) is -0.695. The number of hydrogen-bond acceptors (Lipinski definition) is 3. The Balaban J connectivity index is 1.76. The number of alkyl halides is 2. The smallest absolute Gasteiger partial charge is 0.387 e. The number of thioether (sulfide) groups is 1. The molecule has 0 aromatic heterocycles. The molecule has 0 unspecified atom stereocenters. The minimum atomic E-state index is -2.88. The molecule has 128 valence electrons. The summed E-state index contributed by atoms with van der Waals surface area (Å²) in [5, 5.41) is 2.72. The van der Waals surface area contributed by atoms with Gasteiger partial charge in [0.15, 0.2) is 0 Å². The molecule has 2 aromatic rings. The van der Waals surface area contributed by atoms with Crippen molar-refractivity contribution in [3.8, 4) is 5.75 Å². The second-order valence-corrected chi connectivity index (χ2v) is 6.23. The molecule has 3 nitrogen and oxygen atoms in total. The van der Waals surface area contributed by atoms with Crippen molar-refractivity contribution < 1.29 is 18.3 Å². The molecule has 0 fully saturated rings. The summed E-state index contributed by atoms with van der Waals surface area (Å²) in [6, 6.07) is 14.6. The fourth-order valence-corrected chi connectivity index (χ4v) is 2.87. The van der Waals surface area contributed by atoms with E-state index in [0.29, 0.717) is 11.3 Å². The van der Waals surface area contributed by atoms with Crippen LogP contribution in [0.15, 0.2) is 48.5 Å². The molecule has 0 atom stereocenters. The molecule has 0 radical (unpaired) electrons. The van der Waals surface area contributed by atoms with E-state index < -0.39 is 6.61 Å². The van der Waals surface area contributed by atoms with Crippen LogP contribution in [0.4, 0.5) is 8.78 Å². The first-order valence-electron chi connectivity index (χ1n) is 7.47. The zero-order valence-electron chi connectivity index (χ0n) is 13.3.